The van der Waals surface area contributed by atoms with Crippen LogP contribution in [-0.2, 0) is 11.3 Å². The third kappa shape index (κ3) is 4.64. The minimum Gasteiger partial charge on any atom is -0.325 e. The van der Waals surface area contributed by atoms with E-state index in [2.05, 4.69) is 22.1 Å². The van der Waals surface area contributed by atoms with Crippen molar-refractivity contribution in [3.05, 3.63) is 83.2 Å². The molecule has 7 heteroatoms. The molecule has 0 aliphatic heterocycles. The lowest BCUT2D eigenvalue weighted by Gasteiger charge is -2.17. The Morgan fingerprint density at radius 3 is 2.68 bits per heavy atom. The van der Waals surface area contributed by atoms with Gasteiger partial charge in [-0.3, -0.25) is 4.79 Å². The van der Waals surface area contributed by atoms with Crippen molar-refractivity contribution in [3.63, 3.8) is 0 Å². The van der Waals surface area contributed by atoms with Crippen LogP contribution in [0.4, 0.5) is 5.69 Å². The molecule has 1 atom stereocenters. The van der Waals surface area contributed by atoms with E-state index in [0.717, 1.165) is 17.0 Å². The van der Waals surface area contributed by atoms with E-state index in [1.807, 2.05) is 60.9 Å². The summed E-state index contributed by atoms with van der Waals surface area (Å²) in [5.74, 6) is 0.627. The summed E-state index contributed by atoms with van der Waals surface area (Å²) in [6, 6.07) is 15.1. The number of carbonyl (C=O) groups excluding carboxylic acids is 1. The largest absolute Gasteiger partial charge is 0.325 e. The first kappa shape index (κ1) is 20.2. The molecule has 1 N–H and O–H groups in total. The lowest BCUT2D eigenvalue weighted by molar-refractivity contribution is -0.115. The predicted molar refractivity (Wildman–Crippen MR) is 115 cm³/mol. The Kier molecular flexibility index (Phi) is 6.54. The van der Waals surface area contributed by atoms with E-state index in [-0.39, 0.29) is 5.91 Å². The van der Waals surface area contributed by atoms with Crippen molar-refractivity contribution in [1.82, 2.24) is 14.8 Å². The number of thioether (sulfide) groups is 1. The molecule has 0 spiro atoms. The first-order chi connectivity index (χ1) is 13.5. The quantitative estimate of drug-likeness (QED) is 0.427. The number of nitrogens with one attached hydrogen (secondary N) is 1. The lowest BCUT2D eigenvalue weighted by Crippen LogP contribution is -2.19. The maximum atomic E-state index is 13.1. The van der Waals surface area contributed by atoms with Crippen molar-refractivity contribution in [3.8, 4) is 0 Å². The molecule has 144 valence electrons. The van der Waals surface area contributed by atoms with Crippen LogP contribution >= 0.6 is 23.4 Å². The van der Waals surface area contributed by atoms with Gasteiger partial charge in [-0.15, -0.1) is 16.8 Å². The van der Waals surface area contributed by atoms with Gasteiger partial charge < -0.3 is 9.88 Å². The van der Waals surface area contributed by atoms with Crippen LogP contribution in [0.2, 0.25) is 5.02 Å². The minimum absolute atomic E-state index is 0.151. The van der Waals surface area contributed by atoms with Crippen LogP contribution in [0.15, 0.2) is 66.3 Å². The number of halogens is 1. The highest BCUT2D eigenvalue weighted by molar-refractivity contribution is 8.00. The summed E-state index contributed by atoms with van der Waals surface area (Å²) in [4.78, 5) is 13.1. The first-order valence-corrected chi connectivity index (χ1v) is 10.0. The Hall–Kier alpha value is -2.57. The van der Waals surface area contributed by atoms with Crippen LogP contribution in [0.25, 0.3) is 0 Å². The average Bonchev–Trinajstić information content (AvgIpc) is 3.03. The molecule has 3 rings (SSSR count). The number of aromatic nitrogens is 3. The number of hydrogen-bond acceptors (Lipinski definition) is 4. The van der Waals surface area contributed by atoms with Crippen LogP contribution in [0.5, 0.6) is 0 Å². The molecule has 0 saturated heterocycles. The minimum atomic E-state index is -0.492. The van der Waals surface area contributed by atoms with E-state index in [0.29, 0.717) is 22.4 Å². The monoisotopic (exact) mass is 412 g/mol. The van der Waals surface area contributed by atoms with Crippen molar-refractivity contribution < 1.29 is 4.79 Å². The summed E-state index contributed by atoms with van der Waals surface area (Å²) in [6.45, 7) is 8.17. The fraction of sp³-hybridized carbons (Fsp3) is 0.190. The normalized spacial score (nSPS) is 11.8. The van der Waals surface area contributed by atoms with Crippen molar-refractivity contribution >= 4 is 35.0 Å². The van der Waals surface area contributed by atoms with E-state index < -0.39 is 5.25 Å². The molecule has 28 heavy (non-hydrogen) atoms. The van der Waals surface area contributed by atoms with Gasteiger partial charge in [0.05, 0.1) is 0 Å². The standard InChI is InChI=1S/C21H21ClN4OS/c1-4-12-26-15(3)24-25-21(26)28-19(16-8-6-5-7-9-16)20(27)23-17-11-10-14(2)18(22)13-17/h4-11,13,19H,1,12H2,2-3H3,(H,23,27)/t19-/m1/s1. The number of rotatable bonds is 7. The topological polar surface area (TPSA) is 59.8 Å². The van der Waals surface area contributed by atoms with E-state index >= 15 is 0 Å². The molecule has 2 aromatic carbocycles. The highest BCUT2D eigenvalue weighted by atomic mass is 35.5. The summed E-state index contributed by atoms with van der Waals surface area (Å²) in [7, 11) is 0. The lowest BCUT2D eigenvalue weighted by atomic mass is 10.1. The maximum Gasteiger partial charge on any atom is 0.242 e. The predicted octanol–water partition coefficient (Wildman–Crippen LogP) is 5.21. The smallest absolute Gasteiger partial charge is 0.242 e. The number of anilines is 1. The Labute approximate surface area is 173 Å². The van der Waals surface area contributed by atoms with E-state index in [1.165, 1.54) is 11.8 Å². The van der Waals surface area contributed by atoms with Crippen molar-refractivity contribution in [2.75, 3.05) is 5.32 Å². The number of carbonyl (C=O) groups is 1. The molecule has 0 unspecified atom stereocenters. The van der Waals surface area contributed by atoms with Crippen molar-refractivity contribution in [1.29, 1.82) is 0 Å². The van der Waals surface area contributed by atoms with Crippen LogP contribution in [0.3, 0.4) is 0 Å². The van der Waals surface area contributed by atoms with Gasteiger partial charge in [0, 0.05) is 17.3 Å². The number of benzene rings is 2. The Bertz CT molecular complexity index is 987. The summed E-state index contributed by atoms with van der Waals surface area (Å²) in [6.07, 6.45) is 1.78. The zero-order chi connectivity index (χ0) is 20.1. The molecule has 3 aromatic rings. The number of hydrogen-bond donors (Lipinski definition) is 1. The molecule has 0 fully saturated rings. The third-order valence-corrected chi connectivity index (χ3v) is 5.86. The van der Waals surface area contributed by atoms with Gasteiger partial charge in [-0.2, -0.15) is 0 Å². The molecule has 0 bridgehead atoms. The van der Waals surface area contributed by atoms with Crippen LogP contribution in [0.1, 0.15) is 22.2 Å². The average molecular weight is 413 g/mol. The zero-order valence-electron chi connectivity index (χ0n) is 15.7. The molecule has 5 nitrogen and oxygen atoms in total. The van der Waals surface area contributed by atoms with Gasteiger partial charge in [-0.1, -0.05) is 65.8 Å². The second-order valence-electron chi connectivity index (χ2n) is 6.29. The summed E-state index contributed by atoms with van der Waals surface area (Å²) in [5, 5.41) is 12.1. The van der Waals surface area contributed by atoms with Gasteiger partial charge in [0.25, 0.3) is 0 Å². The van der Waals surface area contributed by atoms with Crippen LogP contribution in [0, 0.1) is 13.8 Å². The first-order valence-electron chi connectivity index (χ1n) is 8.79. The number of allylic oxidation sites excluding steroid dienone is 1. The van der Waals surface area contributed by atoms with E-state index in [4.69, 9.17) is 11.6 Å². The van der Waals surface area contributed by atoms with Crippen molar-refractivity contribution in [2.45, 2.75) is 30.8 Å². The number of nitrogens with zero attached hydrogens (tertiary/aromatic N) is 3. The van der Waals surface area contributed by atoms with Crippen molar-refractivity contribution in [2.24, 2.45) is 0 Å². The summed E-state index contributed by atoms with van der Waals surface area (Å²) >= 11 is 7.55. The molecule has 0 aliphatic carbocycles. The van der Waals surface area contributed by atoms with Gasteiger partial charge in [-0.05, 0) is 37.1 Å². The summed E-state index contributed by atoms with van der Waals surface area (Å²) in [5.41, 5.74) is 2.50. The van der Waals surface area contributed by atoms with Gasteiger partial charge >= 0.3 is 0 Å². The Morgan fingerprint density at radius 2 is 2.00 bits per heavy atom. The second-order valence-corrected chi connectivity index (χ2v) is 7.77. The van der Waals surface area contributed by atoms with Crippen LogP contribution < -0.4 is 5.32 Å². The number of amides is 1. The molecule has 0 aliphatic rings. The third-order valence-electron chi connectivity index (χ3n) is 4.22. The SMILES string of the molecule is C=CCn1c(C)nnc1S[C@@H](C(=O)Nc1ccc(C)c(Cl)c1)c1ccccc1. The molecule has 0 saturated carbocycles. The highest BCUT2D eigenvalue weighted by Gasteiger charge is 2.25. The zero-order valence-corrected chi connectivity index (χ0v) is 17.3. The second kappa shape index (κ2) is 9.08. The Balaban J connectivity index is 1.90. The van der Waals surface area contributed by atoms with Crippen LogP contribution in [-0.4, -0.2) is 20.7 Å². The molecular formula is C21H21ClN4OS. The molecule has 0 radical (unpaired) electrons. The molecule has 1 aromatic heterocycles. The van der Waals surface area contributed by atoms with Gasteiger partial charge in [0.1, 0.15) is 11.1 Å². The molecule has 1 amide bonds. The number of aryl methyl sites for hydroxylation is 2. The van der Waals surface area contributed by atoms with Gasteiger partial charge in [0.2, 0.25) is 5.91 Å². The molecular weight excluding hydrogens is 392 g/mol. The molecule has 1 heterocycles. The van der Waals surface area contributed by atoms with E-state index in [9.17, 15) is 4.79 Å². The fourth-order valence-corrected chi connectivity index (χ4v) is 3.95. The highest BCUT2D eigenvalue weighted by Crippen LogP contribution is 2.36. The summed E-state index contributed by atoms with van der Waals surface area (Å²) < 4.78 is 1.93. The van der Waals surface area contributed by atoms with E-state index in [1.54, 1.807) is 12.1 Å². The van der Waals surface area contributed by atoms with Gasteiger partial charge in [-0.25, -0.2) is 0 Å². The fourth-order valence-electron chi connectivity index (χ4n) is 2.67. The maximum absolute atomic E-state index is 13.1. The Morgan fingerprint density at radius 1 is 1.25 bits per heavy atom. The van der Waals surface area contributed by atoms with Gasteiger partial charge in [0.15, 0.2) is 5.16 Å².